The summed E-state index contributed by atoms with van der Waals surface area (Å²) in [6, 6.07) is 0.0310. The summed E-state index contributed by atoms with van der Waals surface area (Å²) >= 11 is 5.77. The zero-order valence-corrected chi connectivity index (χ0v) is 8.87. The van der Waals surface area contributed by atoms with Gasteiger partial charge in [-0.25, -0.2) is 9.97 Å². The predicted molar refractivity (Wildman–Crippen MR) is 56.1 cm³/mol. The maximum atomic E-state index is 11.8. The molecule has 1 saturated heterocycles. The van der Waals surface area contributed by atoms with Crippen LogP contribution < -0.4 is 4.90 Å². The summed E-state index contributed by atoms with van der Waals surface area (Å²) in [5, 5.41) is 0.258. The van der Waals surface area contributed by atoms with Crippen LogP contribution in [-0.4, -0.2) is 28.3 Å². The fraction of sp³-hybridized carbons (Fsp3) is 0.500. The lowest BCUT2D eigenvalue weighted by molar-refractivity contribution is -0.119. The normalized spacial score (nSPS) is 23.9. The van der Waals surface area contributed by atoms with Gasteiger partial charge in [-0.05, 0) is 24.4 Å². The summed E-state index contributed by atoms with van der Waals surface area (Å²) in [5.41, 5.74) is 0.905. The number of Topliss-reactive ketones (excluding diaryl/α,β-unsaturated/α-hetero) is 1. The number of carbonyl (C=O) groups excluding carboxylic acids is 1. The van der Waals surface area contributed by atoms with Crippen molar-refractivity contribution in [1.29, 1.82) is 0 Å². The second-order valence-electron chi connectivity index (χ2n) is 3.98. The fourth-order valence-electron chi connectivity index (χ4n) is 2.41. The smallest absolute Gasteiger partial charge is 0.224 e. The summed E-state index contributed by atoms with van der Waals surface area (Å²) in [6.45, 7) is 0.900. The monoisotopic (exact) mass is 223 g/mol. The molecule has 3 rings (SSSR count). The zero-order chi connectivity index (χ0) is 10.4. The van der Waals surface area contributed by atoms with Crippen LogP contribution in [0.2, 0.25) is 5.28 Å². The number of fused-ring (bicyclic) bond motifs is 3. The molecule has 15 heavy (non-hydrogen) atoms. The van der Waals surface area contributed by atoms with Crippen LogP contribution >= 0.6 is 11.6 Å². The van der Waals surface area contributed by atoms with E-state index in [2.05, 4.69) is 14.9 Å². The van der Waals surface area contributed by atoms with E-state index in [1.807, 2.05) is 0 Å². The van der Waals surface area contributed by atoms with E-state index in [0.29, 0.717) is 6.42 Å². The second-order valence-corrected chi connectivity index (χ2v) is 4.32. The van der Waals surface area contributed by atoms with E-state index < -0.39 is 0 Å². The molecule has 1 fully saturated rings. The molecule has 78 valence electrons. The third kappa shape index (κ3) is 1.32. The first-order chi connectivity index (χ1) is 7.25. The summed E-state index contributed by atoms with van der Waals surface area (Å²) in [6.07, 6.45) is 4.11. The van der Waals surface area contributed by atoms with Crippen LogP contribution in [0.5, 0.6) is 0 Å². The van der Waals surface area contributed by atoms with E-state index in [1.54, 1.807) is 6.20 Å². The van der Waals surface area contributed by atoms with E-state index in [-0.39, 0.29) is 17.1 Å². The average molecular weight is 224 g/mol. The van der Waals surface area contributed by atoms with Crippen LogP contribution in [-0.2, 0) is 11.2 Å². The highest BCUT2D eigenvalue weighted by Crippen LogP contribution is 2.33. The van der Waals surface area contributed by atoms with Gasteiger partial charge in [-0.3, -0.25) is 4.79 Å². The summed E-state index contributed by atoms with van der Waals surface area (Å²) < 4.78 is 0. The van der Waals surface area contributed by atoms with Gasteiger partial charge < -0.3 is 4.90 Å². The van der Waals surface area contributed by atoms with Crippen LogP contribution in [0.15, 0.2) is 6.20 Å². The molecule has 1 atom stereocenters. The highest BCUT2D eigenvalue weighted by atomic mass is 35.5. The first-order valence-electron chi connectivity index (χ1n) is 5.06. The van der Waals surface area contributed by atoms with Crippen LogP contribution in [0.4, 0.5) is 5.82 Å². The maximum Gasteiger partial charge on any atom is 0.224 e. The van der Waals surface area contributed by atoms with Crippen molar-refractivity contribution in [2.45, 2.75) is 25.3 Å². The van der Waals surface area contributed by atoms with Crippen molar-refractivity contribution in [3.05, 3.63) is 17.0 Å². The number of halogens is 1. The molecule has 1 aromatic rings. The van der Waals surface area contributed by atoms with E-state index >= 15 is 0 Å². The van der Waals surface area contributed by atoms with Crippen LogP contribution in [0.25, 0.3) is 0 Å². The van der Waals surface area contributed by atoms with Gasteiger partial charge in [-0.15, -0.1) is 0 Å². The minimum absolute atomic E-state index is 0.0310. The maximum absolute atomic E-state index is 11.8. The topological polar surface area (TPSA) is 46.1 Å². The van der Waals surface area contributed by atoms with Gasteiger partial charge in [0.2, 0.25) is 5.28 Å². The standard InChI is InChI=1S/C10H10ClN3O/c11-10-12-5-6-4-8(15)7-2-1-3-14(7)9(6)13-10/h5,7H,1-4H2/t7-/m1/s1. The van der Waals surface area contributed by atoms with Crippen molar-refractivity contribution in [2.75, 3.05) is 11.4 Å². The molecular weight excluding hydrogens is 214 g/mol. The minimum Gasteiger partial charge on any atom is -0.346 e. The van der Waals surface area contributed by atoms with Crippen LogP contribution in [0, 0.1) is 0 Å². The molecular formula is C10H10ClN3O. The van der Waals surface area contributed by atoms with Gasteiger partial charge in [0.1, 0.15) is 5.82 Å². The number of nitrogens with zero attached hydrogens (tertiary/aromatic N) is 3. The Hall–Kier alpha value is -1.16. The fourth-order valence-corrected chi connectivity index (χ4v) is 2.54. The van der Waals surface area contributed by atoms with Crippen molar-refractivity contribution in [3.63, 3.8) is 0 Å². The Morgan fingerprint density at radius 3 is 3.27 bits per heavy atom. The average Bonchev–Trinajstić information content (AvgIpc) is 2.69. The lowest BCUT2D eigenvalue weighted by atomic mass is 9.99. The van der Waals surface area contributed by atoms with Crippen molar-refractivity contribution in [3.8, 4) is 0 Å². The molecule has 0 aromatic carbocycles. The Bertz CT molecular complexity index is 435. The second kappa shape index (κ2) is 3.17. The summed E-state index contributed by atoms with van der Waals surface area (Å²) in [7, 11) is 0. The lowest BCUT2D eigenvalue weighted by Crippen LogP contribution is -2.42. The molecule has 0 aliphatic carbocycles. The Morgan fingerprint density at radius 2 is 2.40 bits per heavy atom. The zero-order valence-electron chi connectivity index (χ0n) is 8.11. The van der Waals surface area contributed by atoms with E-state index in [9.17, 15) is 4.79 Å². The molecule has 2 aliphatic heterocycles. The first-order valence-corrected chi connectivity index (χ1v) is 5.44. The van der Waals surface area contributed by atoms with Crippen molar-refractivity contribution < 1.29 is 4.79 Å². The Kier molecular flexibility index (Phi) is 1.92. The summed E-state index contributed by atoms with van der Waals surface area (Å²) in [4.78, 5) is 22.0. The number of rotatable bonds is 0. The SMILES string of the molecule is O=C1Cc2cnc(Cl)nc2N2CCC[C@H]12. The van der Waals surface area contributed by atoms with Gasteiger partial charge in [0.05, 0.1) is 6.04 Å². The number of aromatic nitrogens is 2. The highest BCUT2D eigenvalue weighted by molar-refractivity contribution is 6.28. The minimum atomic E-state index is 0.0310. The number of carbonyl (C=O) groups is 1. The predicted octanol–water partition coefficient (Wildman–Crippen LogP) is 1.22. The molecule has 0 N–H and O–H groups in total. The largest absolute Gasteiger partial charge is 0.346 e. The number of ketones is 1. The molecule has 3 heterocycles. The van der Waals surface area contributed by atoms with Gasteiger partial charge in [0, 0.05) is 24.7 Å². The number of hydrogen-bond donors (Lipinski definition) is 0. The number of hydrogen-bond acceptors (Lipinski definition) is 4. The van der Waals surface area contributed by atoms with Crippen molar-refractivity contribution in [1.82, 2.24) is 9.97 Å². The molecule has 0 spiro atoms. The lowest BCUT2D eigenvalue weighted by Gasteiger charge is -2.30. The Morgan fingerprint density at radius 1 is 1.53 bits per heavy atom. The van der Waals surface area contributed by atoms with Gasteiger partial charge in [-0.1, -0.05) is 0 Å². The molecule has 0 saturated carbocycles. The van der Waals surface area contributed by atoms with Gasteiger partial charge in [0.25, 0.3) is 0 Å². The Balaban J connectivity index is 2.12. The molecule has 0 amide bonds. The number of anilines is 1. The molecule has 5 heteroatoms. The molecule has 0 unspecified atom stereocenters. The highest BCUT2D eigenvalue weighted by Gasteiger charge is 2.37. The third-order valence-electron chi connectivity index (χ3n) is 3.07. The molecule has 2 aliphatic rings. The van der Waals surface area contributed by atoms with E-state index in [4.69, 9.17) is 11.6 Å². The van der Waals surface area contributed by atoms with Gasteiger partial charge in [-0.2, -0.15) is 0 Å². The molecule has 1 aromatic heterocycles. The van der Waals surface area contributed by atoms with E-state index in [1.165, 1.54) is 0 Å². The van der Waals surface area contributed by atoms with E-state index in [0.717, 1.165) is 30.8 Å². The van der Waals surface area contributed by atoms with Crippen LogP contribution in [0.1, 0.15) is 18.4 Å². The third-order valence-corrected chi connectivity index (χ3v) is 3.26. The molecule has 4 nitrogen and oxygen atoms in total. The summed E-state index contributed by atoms with van der Waals surface area (Å²) in [5.74, 6) is 1.14. The van der Waals surface area contributed by atoms with Crippen molar-refractivity contribution in [2.24, 2.45) is 0 Å². The first kappa shape index (κ1) is 9.09. The van der Waals surface area contributed by atoms with Gasteiger partial charge in [0.15, 0.2) is 5.78 Å². The molecule has 0 bridgehead atoms. The van der Waals surface area contributed by atoms with Crippen molar-refractivity contribution >= 4 is 23.2 Å². The van der Waals surface area contributed by atoms with Crippen LogP contribution in [0.3, 0.4) is 0 Å². The Labute approximate surface area is 92.3 Å². The van der Waals surface area contributed by atoms with Gasteiger partial charge >= 0.3 is 0 Å². The quantitative estimate of drug-likeness (QED) is 0.621. The molecule has 0 radical (unpaired) electrons.